The second kappa shape index (κ2) is 9.36. The first-order chi connectivity index (χ1) is 16.6. The third-order valence-electron chi connectivity index (χ3n) is 6.10. The molecule has 34 heavy (non-hydrogen) atoms. The Bertz CT molecular complexity index is 1350. The lowest BCUT2D eigenvalue weighted by Crippen LogP contribution is -2.39. The third kappa shape index (κ3) is 4.49. The molecule has 0 fully saturated rings. The number of oxime groups is 1. The van der Waals surface area contributed by atoms with Crippen molar-refractivity contribution in [3.63, 3.8) is 0 Å². The number of rotatable bonds is 6. The number of amides is 1. The number of carbonyl (C=O) groups is 2. The van der Waals surface area contributed by atoms with Gasteiger partial charge in [-0.05, 0) is 48.7 Å². The van der Waals surface area contributed by atoms with Crippen LogP contribution < -0.4 is 4.90 Å². The number of aryl methyl sites for hydroxylation is 1. The Hall–Kier alpha value is -4.17. The fourth-order valence-corrected chi connectivity index (χ4v) is 4.25. The molecule has 5 nitrogen and oxygen atoms in total. The van der Waals surface area contributed by atoms with Crippen LogP contribution in [-0.4, -0.2) is 30.1 Å². The monoisotopic (exact) mass is 448 g/mol. The molecule has 2 aliphatic heterocycles. The molecule has 0 saturated carbocycles. The van der Waals surface area contributed by atoms with Gasteiger partial charge in [0.2, 0.25) is 0 Å². The Balaban J connectivity index is 1.35. The molecular formula is C29H24N2O3. The van der Waals surface area contributed by atoms with Crippen LogP contribution in [0.5, 0.6) is 0 Å². The number of carbonyl (C=O) groups excluding carboxylic acids is 2. The first-order valence-corrected chi connectivity index (χ1v) is 11.4. The van der Waals surface area contributed by atoms with Crippen LogP contribution in [0.2, 0.25) is 0 Å². The molecule has 0 saturated heterocycles. The van der Waals surface area contributed by atoms with E-state index in [4.69, 9.17) is 4.84 Å². The molecule has 5 heteroatoms. The number of para-hydroxylation sites is 1. The number of ketones is 1. The predicted octanol–water partition coefficient (Wildman–Crippen LogP) is 4.76. The highest BCUT2D eigenvalue weighted by Gasteiger charge is 2.30. The maximum Gasteiger partial charge on any atom is 0.259 e. The van der Waals surface area contributed by atoms with E-state index in [1.165, 1.54) is 0 Å². The van der Waals surface area contributed by atoms with Crippen molar-refractivity contribution < 1.29 is 14.4 Å². The average Bonchev–Trinajstić information content (AvgIpc) is 3.33. The van der Waals surface area contributed by atoms with Crippen LogP contribution in [0.1, 0.15) is 52.4 Å². The van der Waals surface area contributed by atoms with Crippen LogP contribution in [0.4, 0.5) is 5.69 Å². The lowest BCUT2D eigenvalue weighted by atomic mass is 9.99. The van der Waals surface area contributed by atoms with Gasteiger partial charge in [0.05, 0.1) is 23.5 Å². The van der Waals surface area contributed by atoms with Crippen LogP contribution in [0.25, 0.3) is 0 Å². The highest BCUT2D eigenvalue weighted by molar-refractivity contribution is 6.09. The number of anilines is 1. The molecule has 0 N–H and O–H groups in total. The molecule has 1 amide bonds. The van der Waals surface area contributed by atoms with E-state index < -0.39 is 0 Å². The zero-order valence-corrected chi connectivity index (χ0v) is 19.0. The summed E-state index contributed by atoms with van der Waals surface area (Å²) in [6, 6.07) is 23.2. The molecule has 0 bridgehead atoms. The van der Waals surface area contributed by atoms with Crippen LogP contribution in [0.15, 0.2) is 78.0 Å². The zero-order chi connectivity index (χ0) is 23.5. The maximum absolute atomic E-state index is 13.6. The molecule has 3 aromatic rings. The minimum atomic E-state index is -0.260. The molecule has 0 aromatic heterocycles. The molecule has 0 radical (unpaired) electrons. The second-order valence-corrected chi connectivity index (χ2v) is 8.60. The van der Waals surface area contributed by atoms with E-state index in [9.17, 15) is 9.59 Å². The molecule has 2 aliphatic rings. The van der Waals surface area contributed by atoms with E-state index in [0.29, 0.717) is 24.9 Å². The molecule has 2 heterocycles. The van der Waals surface area contributed by atoms with Gasteiger partial charge in [0, 0.05) is 24.0 Å². The summed E-state index contributed by atoms with van der Waals surface area (Å²) in [5, 5.41) is 4.32. The Morgan fingerprint density at radius 2 is 1.71 bits per heavy atom. The van der Waals surface area contributed by atoms with Gasteiger partial charge in [-0.3, -0.25) is 4.79 Å². The van der Waals surface area contributed by atoms with Crippen molar-refractivity contribution in [2.75, 3.05) is 11.4 Å². The van der Waals surface area contributed by atoms with E-state index in [-0.39, 0.29) is 17.8 Å². The normalized spacial score (nSPS) is 16.3. The van der Waals surface area contributed by atoms with Gasteiger partial charge in [0.15, 0.2) is 6.10 Å². The van der Waals surface area contributed by atoms with E-state index >= 15 is 0 Å². The summed E-state index contributed by atoms with van der Waals surface area (Å²) in [7, 11) is 0. The van der Waals surface area contributed by atoms with Crippen molar-refractivity contribution in [3.05, 3.63) is 101 Å². The standard InChI is InChI=1S/C29H24N2O3/c1-20(32)10-11-21-12-14-23(15-13-21)27-18-25(34-30-27)19-31-28-9-5-3-7-24(28)17-16-22-6-2-4-8-26(22)29(31)33/h2-9,12-15,25H,10-11,18-19H2,1H3. The molecule has 0 spiro atoms. The lowest BCUT2D eigenvalue weighted by Gasteiger charge is -2.27. The summed E-state index contributed by atoms with van der Waals surface area (Å²) < 4.78 is 0. The van der Waals surface area contributed by atoms with Crippen LogP contribution in [-0.2, 0) is 16.1 Å². The smallest absolute Gasteiger partial charge is 0.259 e. The zero-order valence-electron chi connectivity index (χ0n) is 19.0. The number of Topliss-reactive ketones (excluding diaryl/α,β-unsaturated/α-hetero) is 1. The summed E-state index contributed by atoms with van der Waals surface area (Å²) in [5.74, 6) is 6.46. The minimum absolute atomic E-state index is 0.0936. The first-order valence-electron chi connectivity index (χ1n) is 11.4. The van der Waals surface area contributed by atoms with Gasteiger partial charge in [-0.2, -0.15) is 0 Å². The van der Waals surface area contributed by atoms with Crippen molar-refractivity contribution in [2.24, 2.45) is 5.16 Å². The van der Waals surface area contributed by atoms with Crippen LogP contribution in [0.3, 0.4) is 0 Å². The highest BCUT2D eigenvalue weighted by atomic mass is 16.6. The number of hydrogen-bond donors (Lipinski definition) is 0. The Morgan fingerprint density at radius 3 is 2.50 bits per heavy atom. The highest BCUT2D eigenvalue weighted by Crippen LogP contribution is 2.27. The van der Waals surface area contributed by atoms with Crippen LogP contribution in [0, 0.1) is 11.8 Å². The molecule has 3 aromatic carbocycles. The van der Waals surface area contributed by atoms with Crippen molar-refractivity contribution in [3.8, 4) is 11.8 Å². The van der Waals surface area contributed by atoms with Crippen molar-refractivity contribution in [1.82, 2.24) is 0 Å². The molecular weight excluding hydrogens is 424 g/mol. The fraction of sp³-hybridized carbons (Fsp3) is 0.207. The quantitative estimate of drug-likeness (QED) is 0.511. The summed E-state index contributed by atoms with van der Waals surface area (Å²) >= 11 is 0. The molecule has 0 aliphatic carbocycles. The average molecular weight is 449 g/mol. The first kappa shape index (κ1) is 21.7. The van der Waals surface area contributed by atoms with Gasteiger partial charge < -0.3 is 14.5 Å². The van der Waals surface area contributed by atoms with Gasteiger partial charge >= 0.3 is 0 Å². The topological polar surface area (TPSA) is 59.0 Å². The van der Waals surface area contributed by atoms with E-state index in [2.05, 4.69) is 17.0 Å². The van der Waals surface area contributed by atoms with Crippen molar-refractivity contribution in [2.45, 2.75) is 32.3 Å². The van der Waals surface area contributed by atoms with E-state index in [0.717, 1.165) is 40.1 Å². The van der Waals surface area contributed by atoms with Crippen LogP contribution >= 0.6 is 0 Å². The molecule has 5 rings (SSSR count). The molecule has 1 atom stereocenters. The van der Waals surface area contributed by atoms with Gasteiger partial charge in [0.25, 0.3) is 5.91 Å². The summed E-state index contributed by atoms with van der Waals surface area (Å²) in [5.41, 5.74) is 5.87. The molecule has 168 valence electrons. The SMILES string of the molecule is CC(=O)CCc1ccc(C2=NOC(CN3C(=O)c4ccccc4C#Cc4ccccc43)C2)cc1. The number of hydrogen-bond acceptors (Lipinski definition) is 4. The van der Waals surface area contributed by atoms with Gasteiger partial charge in [-0.15, -0.1) is 0 Å². The Labute approximate surface area is 199 Å². The molecule has 1 unspecified atom stereocenters. The van der Waals surface area contributed by atoms with E-state index in [1.54, 1.807) is 11.8 Å². The fourth-order valence-electron chi connectivity index (χ4n) is 4.25. The third-order valence-corrected chi connectivity index (χ3v) is 6.10. The second-order valence-electron chi connectivity index (χ2n) is 8.60. The predicted molar refractivity (Wildman–Crippen MR) is 132 cm³/mol. The maximum atomic E-state index is 13.6. The Kier molecular flexibility index (Phi) is 5.97. The summed E-state index contributed by atoms with van der Waals surface area (Å²) in [6.07, 6.45) is 1.63. The van der Waals surface area contributed by atoms with E-state index in [1.807, 2.05) is 72.8 Å². The summed E-state index contributed by atoms with van der Waals surface area (Å²) in [4.78, 5) is 32.3. The summed E-state index contributed by atoms with van der Waals surface area (Å²) in [6.45, 7) is 1.98. The van der Waals surface area contributed by atoms with Gasteiger partial charge in [0.1, 0.15) is 5.78 Å². The van der Waals surface area contributed by atoms with Gasteiger partial charge in [-0.1, -0.05) is 65.5 Å². The van der Waals surface area contributed by atoms with Crippen molar-refractivity contribution >= 4 is 23.1 Å². The number of benzene rings is 3. The largest absolute Gasteiger partial charge is 0.390 e. The number of fused-ring (bicyclic) bond motifs is 2. The number of nitrogens with zero attached hydrogens (tertiary/aromatic N) is 2. The van der Waals surface area contributed by atoms with Gasteiger partial charge in [-0.25, -0.2) is 0 Å². The minimum Gasteiger partial charge on any atom is -0.390 e. The Morgan fingerprint density at radius 1 is 1.00 bits per heavy atom. The van der Waals surface area contributed by atoms with Crippen molar-refractivity contribution in [1.29, 1.82) is 0 Å². The lowest BCUT2D eigenvalue weighted by molar-refractivity contribution is -0.116.